The van der Waals surface area contributed by atoms with Crippen molar-refractivity contribution in [3.8, 4) is 17.2 Å². The number of methoxy groups -OCH3 is 1. The number of rotatable bonds is 3. The van der Waals surface area contributed by atoms with Crippen LogP contribution in [0.3, 0.4) is 0 Å². The molecule has 0 unspecified atom stereocenters. The van der Waals surface area contributed by atoms with Gasteiger partial charge in [-0.15, -0.1) is 0 Å². The van der Waals surface area contributed by atoms with Crippen molar-refractivity contribution >= 4 is 12.2 Å². The highest BCUT2D eigenvalue weighted by Crippen LogP contribution is 2.38. The summed E-state index contributed by atoms with van der Waals surface area (Å²) in [6.07, 6.45) is 7.24. The van der Waals surface area contributed by atoms with Crippen molar-refractivity contribution in [1.29, 1.82) is 0 Å². The van der Waals surface area contributed by atoms with Crippen molar-refractivity contribution in [2.75, 3.05) is 13.9 Å². The summed E-state index contributed by atoms with van der Waals surface area (Å²) < 4.78 is 16.1. The number of ether oxygens (including phenoxy) is 3. The first-order valence-electron chi connectivity index (χ1n) is 6.20. The molecule has 20 heavy (non-hydrogen) atoms. The van der Waals surface area contributed by atoms with Crippen molar-refractivity contribution in [3.05, 3.63) is 41.5 Å². The SMILES string of the molecule is COc1cc2c(cc1/C=C/c1cncc(C)n1)OCO2. The quantitative estimate of drug-likeness (QED) is 0.858. The van der Waals surface area contributed by atoms with Gasteiger partial charge in [0.1, 0.15) is 5.75 Å². The predicted octanol–water partition coefficient (Wildman–Crippen LogP) is 2.69. The van der Waals surface area contributed by atoms with Crippen molar-refractivity contribution in [3.63, 3.8) is 0 Å². The van der Waals surface area contributed by atoms with Crippen LogP contribution in [0.15, 0.2) is 24.5 Å². The van der Waals surface area contributed by atoms with E-state index >= 15 is 0 Å². The van der Waals surface area contributed by atoms with Crippen LogP contribution in [-0.4, -0.2) is 23.9 Å². The van der Waals surface area contributed by atoms with Gasteiger partial charge in [-0.3, -0.25) is 9.97 Å². The maximum atomic E-state index is 5.37. The fraction of sp³-hybridized carbons (Fsp3) is 0.200. The molecule has 0 N–H and O–H groups in total. The average Bonchev–Trinajstić information content (AvgIpc) is 2.91. The summed E-state index contributed by atoms with van der Waals surface area (Å²) in [5.74, 6) is 2.15. The van der Waals surface area contributed by atoms with E-state index in [0.717, 1.165) is 28.5 Å². The molecule has 1 aromatic carbocycles. The summed E-state index contributed by atoms with van der Waals surface area (Å²) in [6.45, 7) is 2.15. The Morgan fingerprint density at radius 2 is 1.95 bits per heavy atom. The molecule has 0 bridgehead atoms. The molecule has 0 aliphatic carbocycles. The number of hydrogen-bond donors (Lipinski definition) is 0. The van der Waals surface area contributed by atoms with Gasteiger partial charge >= 0.3 is 0 Å². The van der Waals surface area contributed by atoms with Crippen LogP contribution in [0.2, 0.25) is 0 Å². The fourth-order valence-electron chi connectivity index (χ4n) is 1.98. The highest BCUT2D eigenvalue weighted by atomic mass is 16.7. The van der Waals surface area contributed by atoms with Gasteiger partial charge in [0, 0.05) is 17.8 Å². The molecule has 5 heteroatoms. The normalized spacial score (nSPS) is 12.9. The molecule has 5 nitrogen and oxygen atoms in total. The Bertz CT molecular complexity index is 668. The highest BCUT2D eigenvalue weighted by Gasteiger charge is 2.16. The van der Waals surface area contributed by atoms with E-state index in [1.165, 1.54) is 0 Å². The molecule has 0 saturated heterocycles. The first-order valence-corrected chi connectivity index (χ1v) is 6.20. The van der Waals surface area contributed by atoms with Gasteiger partial charge in [-0.05, 0) is 25.1 Å². The summed E-state index contributed by atoms with van der Waals surface area (Å²) in [5, 5.41) is 0. The lowest BCUT2D eigenvalue weighted by Gasteiger charge is -2.06. The molecule has 1 aliphatic rings. The third-order valence-electron chi connectivity index (χ3n) is 2.93. The van der Waals surface area contributed by atoms with Gasteiger partial charge in [-0.2, -0.15) is 0 Å². The Balaban J connectivity index is 1.94. The zero-order chi connectivity index (χ0) is 13.9. The molecule has 3 rings (SSSR count). The van der Waals surface area contributed by atoms with Gasteiger partial charge in [0.15, 0.2) is 11.5 Å². The number of aromatic nitrogens is 2. The molecule has 2 aromatic rings. The zero-order valence-corrected chi connectivity index (χ0v) is 11.3. The maximum absolute atomic E-state index is 5.37. The van der Waals surface area contributed by atoms with Gasteiger partial charge in [0.2, 0.25) is 6.79 Å². The number of aryl methyl sites for hydroxylation is 1. The molecule has 0 fully saturated rings. The average molecular weight is 270 g/mol. The van der Waals surface area contributed by atoms with Crippen LogP contribution >= 0.6 is 0 Å². The monoisotopic (exact) mass is 270 g/mol. The minimum atomic E-state index is 0.245. The third kappa shape index (κ3) is 2.42. The standard InChI is InChI=1S/C15H14N2O3/c1-10-7-16-8-12(17-10)4-3-11-5-14-15(20-9-19-14)6-13(11)18-2/h3-8H,9H2,1-2H3/b4-3+. The van der Waals surface area contributed by atoms with E-state index in [1.807, 2.05) is 31.2 Å². The molecule has 1 aromatic heterocycles. The third-order valence-corrected chi connectivity index (χ3v) is 2.93. The van der Waals surface area contributed by atoms with E-state index in [2.05, 4.69) is 9.97 Å². The van der Waals surface area contributed by atoms with Crippen LogP contribution in [0.5, 0.6) is 17.2 Å². The van der Waals surface area contributed by atoms with Crippen LogP contribution in [0.1, 0.15) is 17.0 Å². The Morgan fingerprint density at radius 1 is 1.15 bits per heavy atom. The van der Waals surface area contributed by atoms with Gasteiger partial charge in [-0.25, -0.2) is 0 Å². The van der Waals surface area contributed by atoms with Crippen molar-refractivity contribution in [1.82, 2.24) is 9.97 Å². The van der Waals surface area contributed by atoms with Crippen LogP contribution in [0.25, 0.3) is 12.2 Å². The van der Waals surface area contributed by atoms with Gasteiger partial charge in [-0.1, -0.05) is 0 Å². The molecule has 0 saturated carbocycles. The summed E-state index contributed by atoms with van der Waals surface area (Å²) in [7, 11) is 1.63. The van der Waals surface area contributed by atoms with Crippen LogP contribution in [-0.2, 0) is 0 Å². The largest absolute Gasteiger partial charge is 0.496 e. The topological polar surface area (TPSA) is 53.5 Å². The van der Waals surface area contributed by atoms with Crippen molar-refractivity contribution < 1.29 is 14.2 Å². The number of fused-ring (bicyclic) bond motifs is 1. The molecular weight excluding hydrogens is 256 g/mol. The Morgan fingerprint density at radius 3 is 2.70 bits per heavy atom. The Kier molecular flexibility index (Phi) is 3.25. The number of benzene rings is 1. The number of hydrogen-bond acceptors (Lipinski definition) is 5. The van der Waals surface area contributed by atoms with E-state index < -0.39 is 0 Å². The second-order valence-corrected chi connectivity index (χ2v) is 4.37. The first kappa shape index (κ1) is 12.5. The van der Waals surface area contributed by atoms with Crippen LogP contribution in [0, 0.1) is 6.92 Å². The lowest BCUT2D eigenvalue weighted by molar-refractivity contribution is 0.174. The van der Waals surface area contributed by atoms with Gasteiger partial charge < -0.3 is 14.2 Å². The van der Waals surface area contributed by atoms with E-state index in [4.69, 9.17) is 14.2 Å². The lowest BCUT2D eigenvalue weighted by Crippen LogP contribution is -1.92. The Labute approximate surface area is 116 Å². The van der Waals surface area contributed by atoms with Gasteiger partial charge in [0.25, 0.3) is 0 Å². The Hall–Kier alpha value is -2.56. The van der Waals surface area contributed by atoms with E-state index in [0.29, 0.717) is 5.75 Å². The molecule has 0 radical (unpaired) electrons. The molecule has 0 amide bonds. The maximum Gasteiger partial charge on any atom is 0.231 e. The fourth-order valence-corrected chi connectivity index (χ4v) is 1.98. The minimum Gasteiger partial charge on any atom is -0.496 e. The second-order valence-electron chi connectivity index (χ2n) is 4.37. The molecule has 0 spiro atoms. The highest BCUT2D eigenvalue weighted by molar-refractivity contribution is 5.73. The molecular formula is C15H14N2O3. The molecule has 102 valence electrons. The van der Waals surface area contributed by atoms with Crippen LogP contribution < -0.4 is 14.2 Å². The molecule has 0 atom stereocenters. The number of nitrogens with zero attached hydrogens (tertiary/aromatic N) is 2. The first-order chi connectivity index (χ1) is 9.76. The van der Waals surface area contributed by atoms with E-state index in [-0.39, 0.29) is 6.79 Å². The zero-order valence-electron chi connectivity index (χ0n) is 11.3. The summed E-state index contributed by atoms with van der Waals surface area (Å²) >= 11 is 0. The summed E-state index contributed by atoms with van der Waals surface area (Å²) in [4.78, 5) is 8.48. The molecule has 1 aliphatic heterocycles. The minimum absolute atomic E-state index is 0.245. The van der Waals surface area contributed by atoms with E-state index in [1.54, 1.807) is 19.5 Å². The smallest absolute Gasteiger partial charge is 0.231 e. The second kappa shape index (κ2) is 5.21. The summed E-state index contributed by atoms with van der Waals surface area (Å²) in [5.41, 5.74) is 2.58. The molecule has 2 heterocycles. The van der Waals surface area contributed by atoms with Crippen molar-refractivity contribution in [2.45, 2.75) is 6.92 Å². The van der Waals surface area contributed by atoms with Crippen molar-refractivity contribution in [2.24, 2.45) is 0 Å². The predicted molar refractivity (Wildman–Crippen MR) is 74.8 cm³/mol. The van der Waals surface area contributed by atoms with Crippen LogP contribution in [0.4, 0.5) is 0 Å². The summed E-state index contributed by atoms with van der Waals surface area (Å²) in [6, 6.07) is 3.71. The van der Waals surface area contributed by atoms with E-state index in [9.17, 15) is 0 Å². The lowest BCUT2D eigenvalue weighted by atomic mass is 10.1. The van der Waals surface area contributed by atoms with Gasteiger partial charge in [0.05, 0.1) is 24.7 Å².